The molecule has 1 rings (SSSR count). The van der Waals surface area contributed by atoms with Crippen LogP contribution in [0.5, 0.6) is 0 Å². The van der Waals surface area contributed by atoms with Crippen LogP contribution in [-0.4, -0.2) is 6.04 Å². The van der Waals surface area contributed by atoms with Gasteiger partial charge in [0.15, 0.2) is 0 Å². The molecule has 0 saturated carbocycles. The Morgan fingerprint density at radius 2 is 2.15 bits per heavy atom. The van der Waals surface area contributed by atoms with Crippen LogP contribution in [0.2, 0.25) is 0 Å². The molecule has 1 N–H and O–H groups in total. The van der Waals surface area contributed by atoms with Gasteiger partial charge >= 0.3 is 0 Å². The average molecular weight is 181 g/mol. The maximum Gasteiger partial charge on any atom is 0.0293 e. The smallest absolute Gasteiger partial charge is 0.0293 e. The van der Waals surface area contributed by atoms with Crippen molar-refractivity contribution in [1.29, 1.82) is 0 Å². The van der Waals surface area contributed by atoms with Gasteiger partial charge in [-0.15, -0.1) is 0 Å². The Labute approximate surface area is 82.6 Å². The summed E-state index contributed by atoms with van der Waals surface area (Å²) >= 11 is 0. The van der Waals surface area contributed by atoms with E-state index in [-0.39, 0.29) is 0 Å². The number of hydrogen-bond donors (Lipinski definition) is 1. The van der Waals surface area contributed by atoms with Crippen LogP contribution in [0.1, 0.15) is 58.8 Å². The standard InChI is InChI=1S/C12H23N/c1-3-5-6-7-8-12-10-9-11(4-2)13-12/h9,12-13H,3-8,10H2,1-2H3. The Kier molecular flexibility index (Phi) is 4.95. The first-order chi connectivity index (χ1) is 6.36. The van der Waals surface area contributed by atoms with E-state index in [2.05, 4.69) is 25.2 Å². The van der Waals surface area contributed by atoms with Gasteiger partial charge in [-0.3, -0.25) is 0 Å². The predicted molar refractivity (Wildman–Crippen MR) is 58.7 cm³/mol. The van der Waals surface area contributed by atoms with Crippen molar-refractivity contribution in [3.05, 3.63) is 11.8 Å². The van der Waals surface area contributed by atoms with Crippen LogP contribution in [0.3, 0.4) is 0 Å². The van der Waals surface area contributed by atoms with Crippen molar-refractivity contribution < 1.29 is 0 Å². The summed E-state index contributed by atoms with van der Waals surface area (Å²) in [6.07, 6.45) is 11.7. The highest BCUT2D eigenvalue weighted by molar-refractivity contribution is 5.08. The lowest BCUT2D eigenvalue weighted by molar-refractivity contribution is 0.513. The molecule has 0 aromatic rings. The van der Waals surface area contributed by atoms with Crippen molar-refractivity contribution in [3.8, 4) is 0 Å². The fraction of sp³-hybridized carbons (Fsp3) is 0.833. The average Bonchev–Trinajstić information content (AvgIpc) is 2.60. The molecular formula is C12H23N. The van der Waals surface area contributed by atoms with E-state index in [0.717, 1.165) is 6.04 Å². The molecule has 1 unspecified atom stereocenters. The number of nitrogens with one attached hydrogen (secondary N) is 1. The fourth-order valence-electron chi connectivity index (χ4n) is 1.92. The molecule has 0 spiro atoms. The number of unbranched alkanes of at least 4 members (excludes halogenated alkanes) is 3. The summed E-state index contributed by atoms with van der Waals surface area (Å²) in [5.41, 5.74) is 1.46. The second-order valence-electron chi connectivity index (χ2n) is 4.01. The Morgan fingerprint density at radius 3 is 2.77 bits per heavy atom. The maximum absolute atomic E-state index is 3.58. The number of rotatable bonds is 6. The molecule has 13 heavy (non-hydrogen) atoms. The van der Waals surface area contributed by atoms with Gasteiger partial charge in [-0.1, -0.05) is 45.6 Å². The lowest BCUT2D eigenvalue weighted by Crippen LogP contribution is -2.22. The van der Waals surface area contributed by atoms with Crippen molar-refractivity contribution in [3.63, 3.8) is 0 Å². The lowest BCUT2D eigenvalue weighted by atomic mass is 10.1. The quantitative estimate of drug-likeness (QED) is 0.617. The minimum Gasteiger partial charge on any atom is -0.386 e. The molecule has 1 nitrogen and oxygen atoms in total. The Morgan fingerprint density at radius 1 is 1.31 bits per heavy atom. The first-order valence-electron chi connectivity index (χ1n) is 5.82. The predicted octanol–water partition coefficient (Wildman–Crippen LogP) is 3.61. The van der Waals surface area contributed by atoms with Gasteiger partial charge in [-0.05, 0) is 19.3 Å². The summed E-state index contributed by atoms with van der Waals surface area (Å²) in [4.78, 5) is 0. The topological polar surface area (TPSA) is 12.0 Å². The van der Waals surface area contributed by atoms with E-state index in [1.165, 1.54) is 50.6 Å². The number of allylic oxidation sites excluding steroid dienone is 1. The minimum absolute atomic E-state index is 0.756. The fourth-order valence-corrected chi connectivity index (χ4v) is 1.92. The molecule has 1 aliphatic heterocycles. The molecule has 0 amide bonds. The van der Waals surface area contributed by atoms with Crippen molar-refractivity contribution >= 4 is 0 Å². The third-order valence-corrected chi connectivity index (χ3v) is 2.83. The van der Waals surface area contributed by atoms with Gasteiger partial charge in [0.25, 0.3) is 0 Å². The van der Waals surface area contributed by atoms with E-state index in [1.54, 1.807) is 0 Å². The largest absolute Gasteiger partial charge is 0.386 e. The van der Waals surface area contributed by atoms with E-state index in [9.17, 15) is 0 Å². The zero-order valence-electron chi connectivity index (χ0n) is 9.10. The van der Waals surface area contributed by atoms with Gasteiger partial charge in [0.2, 0.25) is 0 Å². The first-order valence-corrected chi connectivity index (χ1v) is 5.82. The third-order valence-electron chi connectivity index (χ3n) is 2.83. The zero-order chi connectivity index (χ0) is 9.52. The van der Waals surface area contributed by atoms with Gasteiger partial charge in [-0.25, -0.2) is 0 Å². The Hall–Kier alpha value is -0.460. The molecule has 1 heteroatoms. The molecule has 1 heterocycles. The number of hydrogen-bond acceptors (Lipinski definition) is 1. The van der Waals surface area contributed by atoms with Gasteiger partial charge in [0.05, 0.1) is 0 Å². The van der Waals surface area contributed by atoms with Gasteiger partial charge < -0.3 is 5.32 Å². The molecule has 0 fully saturated rings. The molecule has 1 aliphatic rings. The Balaban J connectivity index is 2.00. The summed E-state index contributed by atoms with van der Waals surface area (Å²) in [6.45, 7) is 4.49. The zero-order valence-corrected chi connectivity index (χ0v) is 9.10. The molecule has 76 valence electrons. The van der Waals surface area contributed by atoms with Crippen LogP contribution in [0.4, 0.5) is 0 Å². The van der Waals surface area contributed by atoms with Crippen molar-refractivity contribution in [2.24, 2.45) is 0 Å². The monoisotopic (exact) mass is 181 g/mol. The van der Waals surface area contributed by atoms with Crippen molar-refractivity contribution in [2.45, 2.75) is 64.8 Å². The SMILES string of the molecule is CCCCCCC1CC=C(CC)N1. The van der Waals surface area contributed by atoms with E-state index in [4.69, 9.17) is 0 Å². The molecule has 0 radical (unpaired) electrons. The third kappa shape index (κ3) is 3.84. The van der Waals surface area contributed by atoms with Crippen LogP contribution in [0.25, 0.3) is 0 Å². The highest BCUT2D eigenvalue weighted by atomic mass is 14.9. The van der Waals surface area contributed by atoms with E-state index < -0.39 is 0 Å². The molecule has 1 atom stereocenters. The van der Waals surface area contributed by atoms with Gasteiger partial charge in [0, 0.05) is 11.7 Å². The summed E-state index contributed by atoms with van der Waals surface area (Å²) in [5, 5.41) is 3.58. The molecule has 0 saturated heterocycles. The second kappa shape index (κ2) is 6.06. The lowest BCUT2D eigenvalue weighted by Gasteiger charge is -2.12. The molecule has 0 aliphatic carbocycles. The Bertz CT molecular complexity index is 161. The second-order valence-corrected chi connectivity index (χ2v) is 4.01. The molecule has 0 aromatic carbocycles. The van der Waals surface area contributed by atoms with Crippen LogP contribution >= 0.6 is 0 Å². The van der Waals surface area contributed by atoms with Crippen LogP contribution < -0.4 is 5.32 Å². The van der Waals surface area contributed by atoms with Gasteiger partial charge in [0.1, 0.15) is 0 Å². The van der Waals surface area contributed by atoms with Gasteiger partial charge in [-0.2, -0.15) is 0 Å². The van der Waals surface area contributed by atoms with E-state index >= 15 is 0 Å². The molecular weight excluding hydrogens is 158 g/mol. The highest BCUT2D eigenvalue weighted by Crippen LogP contribution is 2.16. The summed E-state index contributed by atoms with van der Waals surface area (Å²) < 4.78 is 0. The van der Waals surface area contributed by atoms with E-state index in [1.807, 2.05) is 0 Å². The first kappa shape index (κ1) is 10.6. The van der Waals surface area contributed by atoms with Crippen LogP contribution in [0, 0.1) is 0 Å². The van der Waals surface area contributed by atoms with Crippen LogP contribution in [0.15, 0.2) is 11.8 Å². The molecule has 0 bridgehead atoms. The minimum atomic E-state index is 0.756. The molecule has 0 aromatic heterocycles. The van der Waals surface area contributed by atoms with Crippen molar-refractivity contribution in [2.75, 3.05) is 0 Å². The highest BCUT2D eigenvalue weighted by Gasteiger charge is 2.13. The normalized spacial score (nSPS) is 21.4. The summed E-state index contributed by atoms with van der Waals surface area (Å²) in [5.74, 6) is 0. The summed E-state index contributed by atoms with van der Waals surface area (Å²) in [6, 6.07) is 0.756. The van der Waals surface area contributed by atoms with Crippen LogP contribution in [-0.2, 0) is 0 Å². The summed E-state index contributed by atoms with van der Waals surface area (Å²) in [7, 11) is 0. The van der Waals surface area contributed by atoms with Crippen molar-refractivity contribution in [1.82, 2.24) is 5.32 Å². The maximum atomic E-state index is 3.58. The van der Waals surface area contributed by atoms with E-state index in [0.29, 0.717) is 0 Å².